The van der Waals surface area contributed by atoms with Gasteiger partial charge in [0, 0.05) is 29.2 Å². The summed E-state index contributed by atoms with van der Waals surface area (Å²) in [4.78, 5) is 40.5. The third-order valence-corrected chi connectivity index (χ3v) is 6.26. The number of carboxylic acid groups (broad SMARTS) is 1. The average Bonchev–Trinajstić information content (AvgIpc) is 3.19. The van der Waals surface area contributed by atoms with Gasteiger partial charge >= 0.3 is 5.97 Å². The highest BCUT2D eigenvalue weighted by Gasteiger charge is 2.42. The zero-order valence-electron chi connectivity index (χ0n) is 16.5. The minimum absolute atomic E-state index is 0.0876. The Morgan fingerprint density at radius 1 is 1.00 bits per heavy atom. The van der Waals surface area contributed by atoms with Crippen LogP contribution in [0.15, 0.2) is 48.5 Å². The Bertz CT molecular complexity index is 975. The van der Waals surface area contributed by atoms with Crippen LogP contribution in [0, 0.1) is 0 Å². The van der Waals surface area contributed by atoms with Crippen molar-refractivity contribution >= 4 is 35.1 Å². The molecule has 2 aromatic rings. The molecular formula is C23H23ClN2O4. The second-order valence-electron chi connectivity index (χ2n) is 7.73. The van der Waals surface area contributed by atoms with Gasteiger partial charge in [-0.3, -0.25) is 9.59 Å². The van der Waals surface area contributed by atoms with E-state index >= 15 is 0 Å². The highest BCUT2D eigenvalue weighted by Crippen LogP contribution is 2.40. The van der Waals surface area contributed by atoms with E-state index in [-0.39, 0.29) is 11.8 Å². The molecule has 6 nitrogen and oxygen atoms in total. The Hall–Kier alpha value is -2.86. The summed E-state index contributed by atoms with van der Waals surface area (Å²) in [5.41, 5.74) is 1.91. The molecule has 0 aromatic heterocycles. The lowest BCUT2D eigenvalue weighted by atomic mass is 10.0. The topological polar surface area (TPSA) is 77.9 Å². The number of hydrogen-bond acceptors (Lipinski definition) is 3. The van der Waals surface area contributed by atoms with E-state index in [0.29, 0.717) is 36.4 Å². The SMILES string of the molecule is O=C(O)[C@@H]1CC[C@H](c2ccccc2Cl)N1C(=O)c1ccc(N2CCCCC2=O)cc1. The molecule has 2 aliphatic rings. The van der Waals surface area contributed by atoms with Gasteiger partial charge in [0.05, 0.1) is 6.04 Å². The van der Waals surface area contributed by atoms with Crippen LogP contribution in [0.3, 0.4) is 0 Å². The Balaban J connectivity index is 1.62. The molecule has 2 aromatic carbocycles. The number of likely N-dealkylation sites (tertiary alicyclic amines) is 1. The van der Waals surface area contributed by atoms with E-state index in [0.717, 1.165) is 24.1 Å². The average molecular weight is 427 g/mol. The standard InChI is InChI=1S/C23H23ClN2O4/c24-18-6-2-1-5-17(18)19-12-13-20(23(29)30)26(19)22(28)15-8-10-16(11-9-15)25-14-4-3-7-21(25)27/h1-2,5-6,8-11,19-20H,3-4,7,12-14H2,(H,29,30)/t19-,20+/m1/s1. The fourth-order valence-corrected chi connectivity index (χ4v) is 4.66. The Morgan fingerprint density at radius 3 is 2.40 bits per heavy atom. The lowest BCUT2D eigenvalue weighted by Crippen LogP contribution is -2.42. The fraction of sp³-hybridized carbons (Fsp3) is 0.348. The summed E-state index contributed by atoms with van der Waals surface area (Å²) in [6.45, 7) is 0.675. The quantitative estimate of drug-likeness (QED) is 0.791. The van der Waals surface area contributed by atoms with Crippen LogP contribution in [0.25, 0.3) is 0 Å². The first kappa shape index (κ1) is 20.4. The van der Waals surface area contributed by atoms with Crippen molar-refractivity contribution in [2.75, 3.05) is 11.4 Å². The van der Waals surface area contributed by atoms with Crippen LogP contribution in [-0.4, -0.2) is 40.4 Å². The summed E-state index contributed by atoms with van der Waals surface area (Å²) in [5, 5.41) is 10.2. The number of carboxylic acids is 1. The van der Waals surface area contributed by atoms with E-state index in [1.165, 1.54) is 4.90 Å². The van der Waals surface area contributed by atoms with E-state index in [4.69, 9.17) is 11.6 Å². The third-order valence-electron chi connectivity index (χ3n) is 5.92. The third kappa shape index (κ3) is 3.79. The van der Waals surface area contributed by atoms with E-state index in [2.05, 4.69) is 0 Å². The fourth-order valence-electron chi connectivity index (χ4n) is 4.40. The predicted molar refractivity (Wildman–Crippen MR) is 114 cm³/mol. The molecule has 0 unspecified atom stereocenters. The van der Waals surface area contributed by atoms with Crippen molar-refractivity contribution < 1.29 is 19.5 Å². The second-order valence-corrected chi connectivity index (χ2v) is 8.14. The molecule has 1 N–H and O–H groups in total. The number of halogens is 1. The van der Waals surface area contributed by atoms with Gasteiger partial charge < -0.3 is 14.9 Å². The maximum absolute atomic E-state index is 13.3. The zero-order valence-corrected chi connectivity index (χ0v) is 17.2. The van der Waals surface area contributed by atoms with Gasteiger partial charge in [0.15, 0.2) is 0 Å². The Morgan fingerprint density at radius 2 is 1.73 bits per heavy atom. The van der Waals surface area contributed by atoms with Crippen LogP contribution in [0.1, 0.15) is 54.1 Å². The van der Waals surface area contributed by atoms with Crippen LogP contribution in [0.5, 0.6) is 0 Å². The van der Waals surface area contributed by atoms with Gasteiger partial charge in [-0.1, -0.05) is 29.8 Å². The number of carbonyl (C=O) groups excluding carboxylic acids is 2. The molecule has 2 fully saturated rings. The first-order valence-electron chi connectivity index (χ1n) is 10.2. The first-order valence-corrected chi connectivity index (χ1v) is 10.6. The molecule has 2 aliphatic heterocycles. The molecule has 0 saturated carbocycles. The monoisotopic (exact) mass is 426 g/mol. The van der Waals surface area contributed by atoms with Crippen molar-refractivity contribution in [2.24, 2.45) is 0 Å². The number of rotatable bonds is 4. The highest BCUT2D eigenvalue weighted by atomic mass is 35.5. The normalized spacial score (nSPS) is 21.7. The van der Waals surface area contributed by atoms with Gasteiger partial charge in [0.25, 0.3) is 5.91 Å². The van der Waals surface area contributed by atoms with E-state index in [1.807, 2.05) is 18.2 Å². The molecule has 156 valence electrons. The van der Waals surface area contributed by atoms with E-state index in [1.54, 1.807) is 35.2 Å². The number of nitrogens with zero attached hydrogens (tertiary/aromatic N) is 2. The van der Waals surface area contributed by atoms with Crippen LogP contribution >= 0.6 is 11.6 Å². The maximum Gasteiger partial charge on any atom is 0.326 e. The number of piperidine rings is 1. The van der Waals surface area contributed by atoms with Gasteiger partial charge in [-0.25, -0.2) is 4.79 Å². The summed E-state index contributed by atoms with van der Waals surface area (Å²) in [5.74, 6) is -1.28. The van der Waals surface area contributed by atoms with Crippen LogP contribution < -0.4 is 4.90 Å². The van der Waals surface area contributed by atoms with Crippen molar-refractivity contribution in [3.05, 3.63) is 64.7 Å². The molecule has 2 atom stereocenters. The molecule has 0 spiro atoms. The Labute approximate surface area is 180 Å². The molecule has 2 amide bonds. The summed E-state index contributed by atoms with van der Waals surface area (Å²) in [6.07, 6.45) is 3.30. The highest BCUT2D eigenvalue weighted by molar-refractivity contribution is 6.31. The van der Waals surface area contributed by atoms with Gasteiger partial charge in [0.2, 0.25) is 5.91 Å². The molecule has 0 radical (unpaired) electrons. The molecule has 30 heavy (non-hydrogen) atoms. The summed E-state index contributed by atoms with van der Waals surface area (Å²) >= 11 is 6.35. The number of aliphatic carboxylic acids is 1. The number of hydrogen-bond donors (Lipinski definition) is 1. The molecular weight excluding hydrogens is 404 g/mol. The number of anilines is 1. The zero-order chi connectivity index (χ0) is 21.3. The summed E-state index contributed by atoms with van der Waals surface area (Å²) < 4.78 is 0. The lowest BCUT2D eigenvalue weighted by molar-refractivity contribution is -0.141. The number of amides is 2. The van der Waals surface area contributed by atoms with Crippen molar-refractivity contribution in [1.29, 1.82) is 0 Å². The van der Waals surface area contributed by atoms with Crippen molar-refractivity contribution in [3.8, 4) is 0 Å². The van der Waals surface area contributed by atoms with Crippen molar-refractivity contribution in [1.82, 2.24) is 4.90 Å². The van der Waals surface area contributed by atoms with E-state index in [9.17, 15) is 19.5 Å². The minimum atomic E-state index is -1.02. The molecule has 7 heteroatoms. The lowest BCUT2D eigenvalue weighted by Gasteiger charge is -2.30. The maximum atomic E-state index is 13.3. The summed E-state index contributed by atoms with van der Waals surface area (Å²) in [6, 6.07) is 12.8. The van der Waals surface area contributed by atoms with Crippen molar-refractivity contribution in [2.45, 2.75) is 44.2 Å². The number of benzene rings is 2. The second kappa shape index (κ2) is 8.48. The number of carbonyl (C=O) groups is 3. The predicted octanol–water partition coefficient (Wildman–Crippen LogP) is 4.29. The molecule has 4 rings (SSSR count). The minimum Gasteiger partial charge on any atom is -0.480 e. The van der Waals surface area contributed by atoms with Gasteiger partial charge in [-0.15, -0.1) is 0 Å². The smallest absolute Gasteiger partial charge is 0.326 e. The van der Waals surface area contributed by atoms with Crippen LogP contribution in [0.2, 0.25) is 5.02 Å². The Kier molecular flexibility index (Phi) is 5.77. The van der Waals surface area contributed by atoms with Crippen LogP contribution in [-0.2, 0) is 9.59 Å². The van der Waals surface area contributed by atoms with Gasteiger partial charge in [-0.05, 0) is 61.6 Å². The van der Waals surface area contributed by atoms with Gasteiger partial charge in [0.1, 0.15) is 6.04 Å². The van der Waals surface area contributed by atoms with Crippen LogP contribution in [0.4, 0.5) is 5.69 Å². The van der Waals surface area contributed by atoms with E-state index < -0.39 is 18.1 Å². The molecule has 0 aliphatic carbocycles. The van der Waals surface area contributed by atoms with Gasteiger partial charge in [-0.2, -0.15) is 0 Å². The van der Waals surface area contributed by atoms with Crippen molar-refractivity contribution in [3.63, 3.8) is 0 Å². The molecule has 0 bridgehead atoms. The first-order chi connectivity index (χ1) is 14.5. The molecule has 2 saturated heterocycles. The largest absolute Gasteiger partial charge is 0.480 e. The molecule has 2 heterocycles. The summed E-state index contributed by atoms with van der Waals surface area (Å²) in [7, 11) is 0.